The van der Waals surface area contributed by atoms with E-state index in [2.05, 4.69) is 45.2 Å². The lowest BCUT2D eigenvalue weighted by Gasteiger charge is -2.15. The minimum absolute atomic E-state index is 0. The van der Waals surface area contributed by atoms with Gasteiger partial charge in [-0.25, -0.2) is 4.98 Å². The molecule has 2 N–H and O–H groups in total. The van der Waals surface area contributed by atoms with Gasteiger partial charge in [0.25, 0.3) is 0 Å². The summed E-state index contributed by atoms with van der Waals surface area (Å²) in [6.07, 6.45) is 5.60. The number of hydrogen-bond acceptors (Lipinski definition) is 5. The molecule has 3 heterocycles. The summed E-state index contributed by atoms with van der Waals surface area (Å²) in [5, 5.41) is 1.05. The first-order chi connectivity index (χ1) is 11.8. The summed E-state index contributed by atoms with van der Waals surface area (Å²) in [7, 11) is 0. The summed E-state index contributed by atoms with van der Waals surface area (Å²) in [4.78, 5) is 12.3. The van der Waals surface area contributed by atoms with Crippen LogP contribution in [0.2, 0.25) is 0 Å². The Balaban J connectivity index is 0.00000182. The predicted octanol–water partition coefficient (Wildman–Crippen LogP) is 3.55. The van der Waals surface area contributed by atoms with Gasteiger partial charge in [0, 0.05) is 60.6 Å². The number of aromatic nitrogens is 2. The Morgan fingerprint density at radius 2 is 1.84 bits per heavy atom. The Morgan fingerprint density at radius 3 is 2.60 bits per heavy atom. The van der Waals surface area contributed by atoms with E-state index in [1.54, 1.807) is 23.7 Å². The highest BCUT2D eigenvalue weighted by atomic mass is 35.5. The van der Waals surface area contributed by atoms with Crippen LogP contribution in [0.4, 0.5) is 0 Å². The third kappa shape index (κ3) is 4.07. The van der Waals surface area contributed by atoms with Gasteiger partial charge in [-0.05, 0) is 17.7 Å². The molecule has 1 aromatic carbocycles. The maximum absolute atomic E-state index is 6.39. The Bertz CT molecular complexity index is 793. The maximum Gasteiger partial charge on any atom is 0.123 e. The molecule has 1 aliphatic heterocycles. The molecule has 4 rings (SSSR count). The fraction of sp³-hybridized carbons (Fsp3) is 0.263. The summed E-state index contributed by atoms with van der Waals surface area (Å²) < 4.78 is 0. The van der Waals surface area contributed by atoms with E-state index in [9.17, 15) is 0 Å². The van der Waals surface area contributed by atoms with E-state index < -0.39 is 0 Å². The van der Waals surface area contributed by atoms with Crippen LogP contribution in [0.3, 0.4) is 0 Å². The summed E-state index contributed by atoms with van der Waals surface area (Å²) >= 11 is 1.75. The van der Waals surface area contributed by atoms with E-state index in [4.69, 9.17) is 5.73 Å². The van der Waals surface area contributed by atoms with Crippen molar-refractivity contribution in [3.8, 4) is 10.6 Å². The molecule has 0 spiro atoms. The highest BCUT2D eigenvalue weighted by Crippen LogP contribution is 2.30. The van der Waals surface area contributed by atoms with Crippen molar-refractivity contribution in [2.45, 2.75) is 18.5 Å². The molecule has 2 atom stereocenters. The number of likely N-dealkylation sites (tertiary alicyclic amines) is 1. The van der Waals surface area contributed by atoms with Crippen LogP contribution in [0, 0.1) is 0 Å². The lowest BCUT2D eigenvalue weighted by atomic mass is 9.95. The molecule has 0 unspecified atom stereocenters. The standard InChI is InChI=1S/C19H20N4S.ClH/c20-18-13-23(12-17(18)14-4-2-1-3-5-14)11-16-10-22-19(24-16)15-6-8-21-9-7-15;/h1-10,17-18H,11-13,20H2;1H/t17-,18+;/m0./s1. The average molecular weight is 373 g/mol. The van der Waals surface area contributed by atoms with E-state index in [1.165, 1.54) is 10.4 Å². The number of benzene rings is 1. The van der Waals surface area contributed by atoms with E-state index in [-0.39, 0.29) is 18.4 Å². The van der Waals surface area contributed by atoms with Crippen LogP contribution in [0.25, 0.3) is 10.6 Å². The van der Waals surface area contributed by atoms with E-state index in [1.807, 2.05) is 18.3 Å². The van der Waals surface area contributed by atoms with E-state index in [0.29, 0.717) is 5.92 Å². The molecule has 25 heavy (non-hydrogen) atoms. The molecule has 4 nitrogen and oxygen atoms in total. The number of nitrogens with two attached hydrogens (primary N) is 1. The SMILES string of the molecule is Cl.N[C@@H]1CN(Cc2cnc(-c3ccncc3)s2)C[C@H]1c1ccccc1. The van der Waals surface area contributed by atoms with Crippen molar-refractivity contribution in [2.75, 3.05) is 13.1 Å². The molecular weight excluding hydrogens is 352 g/mol. The number of thiazole rings is 1. The first kappa shape index (κ1) is 18.0. The van der Waals surface area contributed by atoms with Crippen molar-refractivity contribution in [1.82, 2.24) is 14.9 Å². The normalized spacial score (nSPS) is 20.4. The van der Waals surface area contributed by atoms with Gasteiger partial charge in [-0.1, -0.05) is 30.3 Å². The number of nitrogens with zero attached hydrogens (tertiary/aromatic N) is 3. The molecule has 0 radical (unpaired) electrons. The third-order valence-corrected chi connectivity index (χ3v) is 5.56. The van der Waals surface area contributed by atoms with Crippen LogP contribution in [-0.4, -0.2) is 34.0 Å². The van der Waals surface area contributed by atoms with Gasteiger partial charge in [-0.15, -0.1) is 23.7 Å². The second-order valence-electron chi connectivity index (χ2n) is 6.24. The van der Waals surface area contributed by atoms with Gasteiger partial charge in [0.05, 0.1) is 0 Å². The summed E-state index contributed by atoms with van der Waals surface area (Å²) in [5.41, 5.74) is 8.86. The second kappa shape index (κ2) is 8.06. The minimum atomic E-state index is 0. The van der Waals surface area contributed by atoms with Crippen molar-refractivity contribution in [3.63, 3.8) is 0 Å². The molecule has 130 valence electrons. The molecule has 0 aliphatic carbocycles. The molecule has 0 saturated carbocycles. The Morgan fingerprint density at radius 1 is 1.08 bits per heavy atom. The molecule has 0 bridgehead atoms. The van der Waals surface area contributed by atoms with Crippen molar-refractivity contribution in [3.05, 3.63) is 71.5 Å². The first-order valence-electron chi connectivity index (χ1n) is 8.17. The minimum Gasteiger partial charge on any atom is -0.326 e. The van der Waals surface area contributed by atoms with Crippen molar-refractivity contribution in [2.24, 2.45) is 5.73 Å². The van der Waals surface area contributed by atoms with Crippen LogP contribution in [0.15, 0.2) is 61.1 Å². The molecule has 3 aromatic rings. The lowest BCUT2D eigenvalue weighted by molar-refractivity contribution is 0.326. The lowest BCUT2D eigenvalue weighted by Crippen LogP contribution is -2.28. The average Bonchev–Trinajstić information content (AvgIpc) is 3.23. The van der Waals surface area contributed by atoms with Gasteiger partial charge in [-0.3, -0.25) is 9.88 Å². The zero-order valence-corrected chi connectivity index (χ0v) is 15.4. The van der Waals surface area contributed by atoms with Crippen LogP contribution in [0.1, 0.15) is 16.4 Å². The zero-order valence-electron chi connectivity index (χ0n) is 13.8. The number of pyridine rings is 1. The van der Waals surface area contributed by atoms with Crippen molar-refractivity contribution >= 4 is 23.7 Å². The highest BCUT2D eigenvalue weighted by molar-refractivity contribution is 7.15. The van der Waals surface area contributed by atoms with Crippen LogP contribution in [-0.2, 0) is 6.54 Å². The molecule has 1 saturated heterocycles. The molecule has 2 aromatic heterocycles. The monoisotopic (exact) mass is 372 g/mol. The van der Waals surface area contributed by atoms with E-state index >= 15 is 0 Å². The van der Waals surface area contributed by atoms with Crippen molar-refractivity contribution < 1.29 is 0 Å². The Labute approximate surface area is 158 Å². The van der Waals surface area contributed by atoms with E-state index in [0.717, 1.165) is 30.2 Å². The number of hydrogen-bond donors (Lipinski definition) is 1. The topological polar surface area (TPSA) is 55.0 Å². The predicted molar refractivity (Wildman–Crippen MR) is 105 cm³/mol. The van der Waals surface area contributed by atoms with Crippen LogP contribution in [0.5, 0.6) is 0 Å². The second-order valence-corrected chi connectivity index (χ2v) is 7.36. The molecular formula is C19H21ClN4S. The van der Waals surface area contributed by atoms with Gasteiger partial charge in [-0.2, -0.15) is 0 Å². The quantitative estimate of drug-likeness (QED) is 0.760. The number of rotatable bonds is 4. The summed E-state index contributed by atoms with van der Waals surface area (Å²) in [6, 6.07) is 14.8. The third-order valence-electron chi connectivity index (χ3n) is 4.53. The molecule has 6 heteroatoms. The van der Waals surface area contributed by atoms with Crippen LogP contribution < -0.4 is 5.73 Å². The number of halogens is 1. The van der Waals surface area contributed by atoms with Gasteiger partial charge >= 0.3 is 0 Å². The smallest absolute Gasteiger partial charge is 0.123 e. The first-order valence-corrected chi connectivity index (χ1v) is 8.99. The largest absolute Gasteiger partial charge is 0.326 e. The van der Waals surface area contributed by atoms with Crippen molar-refractivity contribution in [1.29, 1.82) is 0 Å². The summed E-state index contributed by atoms with van der Waals surface area (Å²) in [6.45, 7) is 2.86. The zero-order chi connectivity index (χ0) is 16.4. The van der Waals surface area contributed by atoms with Crippen LogP contribution >= 0.6 is 23.7 Å². The van der Waals surface area contributed by atoms with Gasteiger partial charge < -0.3 is 5.73 Å². The van der Waals surface area contributed by atoms with Gasteiger partial charge in [0.2, 0.25) is 0 Å². The Hall–Kier alpha value is -1.79. The molecule has 1 aliphatic rings. The van der Waals surface area contributed by atoms with Gasteiger partial charge in [0.15, 0.2) is 0 Å². The molecule has 1 fully saturated rings. The Kier molecular flexibility index (Phi) is 5.81. The molecule has 0 amide bonds. The highest BCUT2D eigenvalue weighted by Gasteiger charge is 2.31. The fourth-order valence-electron chi connectivity index (χ4n) is 3.32. The van der Waals surface area contributed by atoms with Gasteiger partial charge in [0.1, 0.15) is 5.01 Å². The maximum atomic E-state index is 6.39. The summed E-state index contributed by atoms with van der Waals surface area (Å²) in [5.74, 6) is 0.416. The fourth-order valence-corrected chi connectivity index (χ4v) is 4.28.